The number of amides is 2. The first kappa shape index (κ1) is 31.3. The highest BCUT2D eigenvalue weighted by molar-refractivity contribution is 7.89. The summed E-state index contributed by atoms with van der Waals surface area (Å²) in [7, 11) is -2.53. The number of alkyl halides is 3. The maximum atomic E-state index is 13.8. The molecule has 8 nitrogen and oxygen atoms in total. The van der Waals surface area contributed by atoms with Crippen molar-refractivity contribution in [3.63, 3.8) is 0 Å². The van der Waals surface area contributed by atoms with Crippen molar-refractivity contribution < 1.29 is 36.2 Å². The average molecular weight is 606 g/mol. The number of carbonyl (C=O) groups is 1. The maximum Gasteiger partial charge on any atom is 0.416 e. The number of urea groups is 1. The highest BCUT2D eigenvalue weighted by Crippen LogP contribution is 2.37. The number of rotatable bonds is 6. The lowest BCUT2D eigenvalue weighted by atomic mass is 10.00. The maximum absolute atomic E-state index is 13.8. The van der Waals surface area contributed by atoms with Gasteiger partial charge in [-0.05, 0) is 66.9 Å². The van der Waals surface area contributed by atoms with Gasteiger partial charge in [0, 0.05) is 31.2 Å². The third-order valence-electron chi connectivity index (χ3n) is 7.39. The Balaban J connectivity index is 1.65. The summed E-state index contributed by atoms with van der Waals surface area (Å²) in [5.41, 5.74) is 2.01. The molecule has 0 unspecified atom stereocenters. The molecule has 42 heavy (non-hydrogen) atoms. The van der Waals surface area contributed by atoms with E-state index in [4.69, 9.17) is 4.74 Å². The first-order valence-corrected chi connectivity index (χ1v) is 14.8. The predicted molar refractivity (Wildman–Crippen MR) is 154 cm³/mol. The van der Waals surface area contributed by atoms with E-state index in [0.29, 0.717) is 0 Å². The molecule has 2 amide bonds. The van der Waals surface area contributed by atoms with Gasteiger partial charge in [0.15, 0.2) is 0 Å². The van der Waals surface area contributed by atoms with Crippen molar-refractivity contribution in [2.75, 3.05) is 32.1 Å². The van der Waals surface area contributed by atoms with Crippen LogP contribution >= 0.6 is 0 Å². The highest BCUT2D eigenvalue weighted by atomic mass is 32.2. The number of likely N-dealkylation sites (N-methyl/N-ethyl adjacent to an activating group) is 1. The lowest BCUT2D eigenvalue weighted by Crippen LogP contribution is -2.50. The van der Waals surface area contributed by atoms with Gasteiger partial charge in [-0.1, -0.05) is 37.3 Å². The van der Waals surface area contributed by atoms with Crippen molar-refractivity contribution in [2.24, 2.45) is 5.92 Å². The number of aryl methyl sites for hydroxylation is 1. The van der Waals surface area contributed by atoms with Gasteiger partial charge in [-0.15, -0.1) is 0 Å². The molecule has 3 aromatic carbocycles. The molecule has 3 aromatic rings. The number of aliphatic hydroxyl groups excluding tert-OH is 1. The van der Waals surface area contributed by atoms with Gasteiger partial charge in [0.25, 0.3) is 0 Å². The molecule has 0 saturated heterocycles. The molecule has 1 aliphatic rings. The summed E-state index contributed by atoms with van der Waals surface area (Å²) in [6, 6.07) is 15.4. The molecule has 12 heteroatoms. The van der Waals surface area contributed by atoms with Gasteiger partial charge in [0.1, 0.15) is 16.7 Å². The van der Waals surface area contributed by atoms with Crippen LogP contribution in [0.5, 0.6) is 5.75 Å². The number of benzene rings is 3. The molecular weight excluding hydrogens is 571 g/mol. The Morgan fingerprint density at radius 3 is 2.43 bits per heavy atom. The molecule has 4 rings (SSSR count). The zero-order valence-corrected chi connectivity index (χ0v) is 24.5. The van der Waals surface area contributed by atoms with Crippen LogP contribution in [0.3, 0.4) is 0 Å². The van der Waals surface area contributed by atoms with Crippen LogP contribution in [0.25, 0.3) is 11.1 Å². The molecule has 1 heterocycles. The number of aliphatic hydroxyl groups is 1. The monoisotopic (exact) mass is 605 g/mol. The second kappa shape index (κ2) is 12.3. The van der Waals surface area contributed by atoms with Crippen molar-refractivity contribution in [2.45, 2.75) is 44.0 Å². The lowest BCUT2D eigenvalue weighted by Gasteiger charge is -2.37. The third kappa shape index (κ3) is 6.71. The molecule has 0 fully saturated rings. The standard InChI is InChI=1S/C30H34F3N3O5S/c1-19-7-5-6-8-25(19)22-9-14-28-26(15-22)41-27(20(2)16-36(21(3)18-37)42(28,39)40)17-35(4)29(38)34-24-12-10-23(11-13-24)30(31,32)33/h5-15,20-21,27,37H,16-18H2,1-4H3,(H,34,38)/t20-,21+,27+/m1/s1. The number of sulfonamides is 1. The fourth-order valence-corrected chi connectivity index (χ4v) is 6.65. The zero-order valence-electron chi connectivity index (χ0n) is 23.7. The Kier molecular flexibility index (Phi) is 9.19. The number of carbonyl (C=O) groups excluding carboxylic acids is 1. The average Bonchev–Trinajstić information content (AvgIpc) is 2.94. The van der Waals surface area contributed by atoms with Crippen LogP contribution in [0.4, 0.5) is 23.7 Å². The van der Waals surface area contributed by atoms with E-state index < -0.39 is 45.9 Å². The molecule has 0 saturated carbocycles. The van der Waals surface area contributed by atoms with Crippen LogP contribution in [0.2, 0.25) is 0 Å². The minimum absolute atomic E-state index is 0.0298. The SMILES string of the molecule is Cc1ccccc1-c1ccc2c(c1)O[C@@H](CN(C)C(=O)Nc1ccc(C(F)(F)F)cc1)[C@H](C)CN([C@@H](C)CO)S2(=O)=O. The minimum atomic E-state index is -4.49. The number of fused-ring (bicyclic) bond motifs is 1. The van der Waals surface area contributed by atoms with Gasteiger partial charge < -0.3 is 20.1 Å². The van der Waals surface area contributed by atoms with Gasteiger partial charge in [-0.2, -0.15) is 17.5 Å². The van der Waals surface area contributed by atoms with Gasteiger partial charge in [0.2, 0.25) is 10.0 Å². The molecule has 1 aliphatic heterocycles. The fourth-order valence-electron chi connectivity index (χ4n) is 4.82. The second-order valence-corrected chi connectivity index (χ2v) is 12.5. The van der Waals surface area contributed by atoms with E-state index in [1.807, 2.05) is 31.2 Å². The first-order valence-electron chi connectivity index (χ1n) is 13.4. The van der Waals surface area contributed by atoms with Crippen LogP contribution < -0.4 is 10.1 Å². The summed E-state index contributed by atoms with van der Waals surface area (Å²) in [4.78, 5) is 14.3. The Hall–Kier alpha value is -3.61. The number of anilines is 1. The zero-order chi connectivity index (χ0) is 30.8. The Bertz CT molecular complexity index is 1530. The number of ether oxygens (including phenoxy) is 1. The van der Waals surface area contributed by atoms with Crippen LogP contribution in [0.15, 0.2) is 71.6 Å². The molecule has 0 bridgehead atoms. The Labute approximate surface area is 243 Å². The Morgan fingerprint density at radius 1 is 1.14 bits per heavy atom. The van der Waals surface area contributed by atoms with Crippen LogP contribution in [-0.4, -0.2) is 67.7 Å². The first-order chi connectivity index (χ1) is 19.7. The summed E-state index contributed by atoms with van der Waals surface area (Å²) in [6.07, 6.45) is -5.15. The van der Waals surface area contributed by atoms with Gasteiger partial charge >= 0.3 is 12.2 Å². The van der Waals surface area contributed by atoms with Crippen molar-refractivity contribution in [3.8, 4) is 16.9 Å². The third-order valence-corrected chi connectivity index (χ3v) is 9.41. The molecule has 0 radical (unpaired) electrons. The summed E-state index contributed by atoms with van der Waals surface area (Å²) in [5, 5.41) is 12.4. The number of nitrogens with zero attached hydrogens (tertiary/aromatic N) is 2. The highest BCUT2D eigenvalue weighted by Gasteiger charge is 2.38. The molecule has 3 atom stereocenters. The largest absolute Gasteiger partial charge is 0.487 e. The van der Waals surface area contributed by atoms with Crippen LogP contribution in [0, 0.1) is 12.8 Å². The van der Waals surface area contributed by atoms with Crippen molar-refractivity contribution in [3.05, 3.63) is 77.9 Å². The molecule has 0 aliphatic carbocycles. The van der Waals surface area contributed by atoms with Crippen molar-refractivity contribution >= 4 is 21.7 Å². The fraction of sp³-hybridized carbons (Fsp3) is 0.367. The minimum Gasteiger partial charge on any atom is -0.487 e. The molecule has 226 valence electrons. The van der Waals surface area contributed by atoms with E-state index in [1.54, 1.807) is 26.0 Å². The van der Waals surface area contributed by atoms with E-state index in [9.17, 15) is 31.5 Å². The lowest BCUT2D eigenvalue weighted by molar-refractivity contribution is -0.137. The molecule has 2 N–H and O–H groups in total. The van der Waals surface area contributed by atoms with Gasteiger partial charge in [-0.25, -0.2) is 13.2 Å². The summed E-state index contributed by atoms with van der Waals surface area (Å²) in [6.45, 7) is 5.06. The van der Waals surface area contributed by atoms with Crippen LogP contribution in [0.1, 0.15) is 25.0 Å². The van der Waals surface area contributed by atoms with Gasteiger partial charge in [-0.3, -0.25) is 0 Å². The Morgan fingerprint density at radius 2 is 1.81 bits per heavy atom. The van der Waals surface area contributed by atoms with E-state index in [1.165, 1.54) is 34.5 Å². The van der Waals surface area contributed by atoms with Crippen molar-refractivity contribution in [1.82, 2.24) is 9.21 Å². The number of hydrogen-bond acceptors (Lipinski definition) is 5. The van der Waals surface area contributed by atoms with E-state index in [0.717, 1.165) is 28.8 Å². The number of halogens is 3. The van der Waals surface area contributed by atoms with E-state index >= 15 is 0 Å². The summed E-state index contributed by atoms with van der Waals surface area (Å²) in [5.74, 6) is -0.288. The second-order valence-electron chi connectivity index (χ2n) is 10.6. The van der Waals surface area contributed by atoms with Crippen LogP contribution in [-0.2, 0) is 16.2 Å². The summed E-state index contributed by atoms with van der Waals surface area (Å²) >= 11 is 0. The number of nitrogens with one attached hydrogen (secondary N) is 1. The topological polar surface area (TPSA) is 99.2 Å². The van der Waals surface area contributed by atoms with E-state index in [2.05, 4.69) is 5.32 Å². The van der Waals surface area contributed by atoms with E-state index in [-0.39, 0.29) is 36.0 Å². The number of hydrogen-bond donors (Lipinski definition) is 2. The smallest absolute Gasteiger partial charge is 0.416 e. The molecule has 0 spiro atoms. The van der Waals surface area contributed by atoms with Gasteiger partial charge in [0.05, 0.1) is 18.7 Å². The molecular formula is C30H34F3N3O5S. The predicted octanol–water partition coefficient (Wildman–Crippen LogP) is 5.61. The normalized spacial score (nSPS) is 19.5. The quantitative estimate of drug-likeness (QED) is 0.381. The van der Waals surface area contributed by atoms with Crippen molar-refractivity contribution in [1.29, 1.82) is 0 Å². The summed E-state index contributed by atoms with van der Waals surface area (Å²) < 4.78 is 73.8. The molecule has 0 aromatic heterocycles.